The van der Waals surface area contributed by atoms with Crippen LogP contribution in [-0.2, 0) is 9.59 Å². The summed E-state index contributed by atoms with van der Waals surface area (Å²) in [4.78, 5) is 19.0. The van der Waals surface area contributed by atoms with Crippen molar-refractivity contribution in [1.82, 2.24) is 0 Å². The molecule has 0 aromatic carbocycles. The molecule has 0 aromatic heterocycles. The molecular formula is C4H4Na2O4. The van der Waals surface area contributed by atoms with Gasteiger partial charge in [0.2, 0.25) is 0 Å². The molecule has 0 unspecified atom stereocenters. The number of aliphatic carboxylic acids is 2. The van der Waals surface area contributed by atoms with Crippen molar-refractivity contribution in [2.45, 2.75) is 12.8 Å². The summed E-state index contributed by atoms with van der Waals surface area (Å²) in [6.07, 6.45) is -0.940. The summed E-state index contributed by atoms with van der Waals surface area (Å²) in [6.45, 7) is 0. The molecule has 0 aliphatic rings. The van der Waals surface area contributed by atoms with Gasteiger partial charge in [-0.25, -0.2) is 0 Å². The van der Waals surface area contributed by atoms with Gasteiger partial charge in [-0.3, -0.25) is 0 Å². The van der Waals surface area contributed by atoms with Gasteiger partial charge in [-0.15, -0.1) is 0 Å². The Bertz CT molecular complexity index is 99.8. The van der Waals surface area contributed by atoms with Crippen LogP contribution in [0.4, 0.5) is 0 Å². The van der Waals surface area contributed by atoms with Gasteiger partial charge < -0.3 is 19.8 Å². The summed E-state index contributed by atoms with van der Waals surface area (Å²) in [5.41, 5.74) is 0. The number of hydrogen-bond acceptors (Lipinski definition) is 4. The van der Waals surface area contributed by atoms with Crippen LogP contribution in [0.5, 0.6) is 0 Å². The third-order valence-corrected chi connectivity index (χ3v) is 0.533. The van der Waals surface area contributed by atoms with E-state index in [9.17, 15) is 19.8 Å². The van der Waals surface area contributed by atoms with Crippen molar-refractivity contribution in [2.24, 2.45) is 0 Å². The van der Waals surface area contributed by atoms with E-state index >= 15 is 0 Å². The van der Waals surface area contributed by atoms with Crippen LogP contribution in [-0.4, -0.2) is 11.9 Å². The molecule has 10 heavy (non-hydrogen) atoms. The Labute approximate surface area is 103 Å². The van der Waals surface area contributed by atoms with E-state index in [1.165, 1.54) is 0 Å². The van der Waals surface area contributed by atoms with Crippen LogP contribution in [0.15, 0.2) is 0 Å². The van der Waals surface area contributed by atoms with Gasteiger partial charge in [-0.05, 0) is 12.8 Å². The Hall–Kier alpha value is 0.940. The summed E-state index contributed by atoms with van der Waals surface area (Å²) in [5.74, 6) is -2.73. The van der Waals surface area contributed by atoms with Gasteiger partial charge in [0.1, 0.15) is 0 Å². The van der Waals surface area contributed by atoms with Gasteiger partial charge in [0.15, 0.2) is 0 Å². The van der Waals surface area contributed by atoms with Crippen LogP contribution in [0.25, 0.3) is 0 Å². The molecule has 0 radical (unpaired) electrons. The first-order valence-corrected chi connectivity index (χ1v) is 2.02. The number of rotatable bonds is 3. The van der Waals surface area contributed by atoms with E-state index in [4.69, 9.17) is 0 Å². The van der Waals surface area contributed by atoms with Crippen LogP contribution in [0, 0.1) is 0 Å². The van der Waals surface area contributed by atoms with Gasteiger partial charge in [0, 0.05) is 11.9 Å². The molecule has 0 amide bonds. The Morgan fingerprint density at radius 2 is 1.10 bits per heavy atom. The fourth-order valence-electron chi connectivity index (χ4n) is 0.204. The molecule has 0 saturated carbocycles. The van der Waals surface area contributed by atoms with Gasteiger partial charge in [0.05, 0.1) is 0 Å². The number of carbonyl (C=O) groups excluding carboxylic acids is 2. The van der Waals surface area contributed by atoms with E-state index in [1.54, 1.807) is 0 Å². The number of carbonyl (C=O) groups is 2. The minimum atomic E-state index is -1.37. The Morgan fingerprint density at radius 3 is 1.20 bits per heavy atom. The quantitative estimate of drug-likeness (QED) is 0.306. The van der Waals surface area contributed by atoms with E-state index in [0.717, 1.165) is 0 Å². The Kier molecular flexibility index (Phi) is 17.0. The third-order valence-electron chi connectivity index (χ3n) is 0.533. The molecule has 0 aromatic rings. The third kappa shape index (κ3) is 16.0. The predicted octanol–water partition coefficient (Wildman–Crippen LogP) is -8.73. The van der Waals surface area contributed by atoms with Crippen molar-refractivity contribution in [3.05, 3.63) is 0 Å². The minimum Gasteiger partial charge on any atom is -0.550 e. The van der Waals surface area contributed by atoms with Crippen LogP contribution < -0.4 is 69.3 Å². The van der Waals surface area contributed by atoms with E-state index in [1.807, 2.05) is 0 Å². The smallest absolute Gasteiger partial charge is 0.550 e. The van der Waals surface area contributed by atoms with Crippen molar-refractivity contribution in [3.63, 3.8) is 0 Å². The summed E-state index contributed by atoms with van der Waals surface area (Å²) < 4.78 is 0. The average Bonchev–Trinajstić information content (AvgIpc) is 1.61. The topological polar surface area (TPSA) is 80.3 Å². The van der Waals surface area contributed by atoms with E-state index in [0.29, 0.717) is 0 Å². The average molecular weight is 164 g/mol. The maximum Gasteiger partial charge on any atom is 1.00 e. The monoisotopic (exact) mass is 164 g/mol. The summed E-state index contributed by atoms with van der Waals surface area (Å²) in [6, 6.07) is 0. The van der Waals surface area contributed by atoms with Gasteiger partial charge in [0.25, 0.3) is 0 Å². The first kappa shape index (κ1) is 17.1. The predicted molar refractivity (Wildman–Crippen MR) is 19.2 cm³/mol. The SMILES string of the molecule is O=C([O-])[13CH2][13CH2]C(=O)[O-].[Na+].[Na+]. The molecule has 0 saturated heterocycles. The van der Waals surface area contributed by atoms with Crippen LogP contribution in [0.2, 0.25) is 0 Å². The molecule has 0 fully saturated rings. The zero-order chi connectivity index (χ0) is 6.57. The van der Waals surface area contributed by atoms with E-state index in [-0.39, 0.29) is 59.1 Å². The molecule has 0 bridgehead atoms. The molecule has 0 aliphatic heterocycles. The first-order valence-electron chi connectivity index (χ1n) is 2.02. The second-order valence-electron chi connectivity index (χ2n) is 1.24. The van der Waals surface area contributed by atoms with Crippen molar-refractivity contribution in [2.75, 3.05) is 0 Å². The molecular weight excluding hydrogens is 160 g/mol. The maximum atomic E-state index is 9.50. The minimum absolute atomic E-state index is 0. The molecule has 6 heteroatoms. The van der Waals surface area contributed by atoms with Crippen LogP contribution >= 0.6 is 0 Å². The molecule has 0 aliphatic carbocycles. The summed E-state index contributed by atoms with van der Waals surface area (Å²) in [5, 5.41) is 19.0. The fraction of sp³-hybridized carbons (Fsp3) is 0.500. The zero-order valence-corrected chi connectivity index (χ0v) is 10.0. The van der Waals surface area contributed by atoms with Gasteiger partial charge in [-0.1, -0.05) is 0 Å². The molecule has 0 spiro atoms. The number of carboxylic acid groups (broad SMARTS) is 2. The largest absolute Gasteiger partial charge is 1.00 e. The first-order chi connectivity index (χ1) is 3.63. The molecule has 0 rings (SSSR count). The molecule has 4 nitrogen and oxygen atoms in total. The van der Waals surface area contributed by atoms with Crippen LogP contribution in [0.1, 0.15) is 12.8 Å². The summed E-state index contributed by atoms with van der Waals surface area (Å²) in [7, 11) is 0. The summed E-state index contributed by atoms with van der Waals surface area (Å²) >= 11 is 0. The molecule has 0 heterocycles. The maximum absolute atomic E-state index is 9.50. The number of carboxylic acids is 2. The van der Waals surface area contributed by atoms with E-state index in [2.05, 4.69) is 0 Å². The molecule has 46 valence electrons. The second-order valence-corrected chi connectivity index (χ2v) is 1.24. The van der Waals surface area contributed by atoms with Gasteiger partial charge >= 0.3 is 59.1 Å². The zero-order valence-electron chi connectivity index (χ0n) is 6.05. The molecule has 0 atom stereocenters. The van der Waals surface area contributed by atoms with Crippen molar-refractivity contribution in [1.29, 1.82) is 0 Å². The second kappa shape index (κ2) is 9.94. The van der Waals surface area contributed by atoms with Crippen LogP contribution in [0.3, 0.4) is 0 Å². The standard InChI is InChI=1S/C4H6O4.2Na/c5-3(6)1-2-4(7)8;;/h1-2H2,(H,5,6)(H,7,8);;/q;2*+1/p-2/i1+1,2+1;;. The Balaban J connectivity index is -0.000000245. The van der Waals surface area contributed by atoms with Gasteiger partial charge in [-0.2, -0.15) is 0 Å². The fourth-order valence-corrected chi connectivity index (χ4v) is 0.204. The van der Waals surface area contributed by atoms with Crippen molar-refractivity contribution >= 4 is 11.9 Å². The normalized spacial score (nSPS) is 6.80. The number of hydrogen-bond donors (Lipinski definition) is 0. The van der Waals surface area contributed by atoms with Crippen molar-refractivity contribution < 1.29 is 78.9 Å². The Morgan fingerprint density at radius 1 is 0.900 bits per heavy atom. The molecule has 0 N–H and O–H groups in total. The van der Waals surface area contributed by atoms with E-state index < -0.39 is 24.8 Å². The van der Waals surface area contributed by atoms with Crippen molar-refractivity contribution in [3.8, 4) is 0 Å².